The smallest absolute Gasteiger partial charge is 0.161 e. The van der Waals surface area contributed by atoms with Gasteiger partial charge in [0.2, 0.25) is 0 Å². The molecule has 0 saturated heterocycles. The lowest BCUT2D eigenvalue weighted by Crippen LogP contribution is -2.30. The van der Waals surface area contributed by atoms with Gasteiger partial charge in [-0.2, -0.15) is 0 Å². The van der Waals surface area contributed by atoms with Gasteiger partial charge in [-0.15, -0.1) is 0 Å². The number of hydrogen-bond donors (Lipinski definition) is 0. The Morgan fingerprint density at radius 2 is 1.70 bits per heavy atom. The van der Waals surface area contributed by atoms with E-state index in [2.05, 4.69) is 17.0 Å². The molecule has 0 saturated carbocycles. The molecule has 0 bridgehead atoms. The van der Waals surface area contributed by atoms with Crippen LogP contribution in [0.15, 0.2) is 30.3 Å². The molecule has 23 heavy (non-hydrogen) atoms. The first-order chi connectivity index (χ1) is 11.1. The van der Waals surface area contributed by atoms with Gasteiger partial charge < -0.3 is 9.47 Å². The predicted molar refractivity (Wildman–Crippen MR) is 93.8 cm³/mol. The van der Waals surface area contributed by atoms with Gasteiger partial charge in [-0.05, 0) is 47.4 Å². The number of halogens is 2. The second-order valence-corrected chi connectivity index (χ2v) is 6.52. The molecule has 0 fully saturated rings. The summed E-state index contributed by atoms with van der Waals surface area (Å²) in [7, 11) is 3.33. The second kappa shape index (κ2) is 7.00. The maximum absolute atomic E-state index is 6.29. The quantitative estimate of drug-likeness (QED) is 0.805. The third-order valence-corrected chi connectivity index (χ3v) is 4.79. The average Bonchev–Trinajstić information content (AvgIpc) is 2.56. The van der Waals surface area contributed by atoms with Crippen molar-refractivity contribution in [3.05, 3.63) is 57.1 Å². The highest BCUT2D eigenvalue weighted by Crippen LogP contribution is 2.34. The van der Waals surface area contributed by atoms with Crippen LogP contribution in [0.25, 0.3) is 0 Å². The van der Waals surface area contributed by atoms with Crippen LogP contribution in [0.2, 0.25) is 10.0 Å². The second-order valence-electron chi connectivity index (χ2n) is 5.67. The number of ether oxygens (including phenoxy) is 2. The predicted octanol–water partition coefficient (Wildman–Crippen LogP) is 4.57. The normalized spacial score (nSPS) is 14.4. The molecule has 1 heterocycles. The molecule has 0 N–H and O–H groups in total. The van der Waals surface area contributed by atoms with Crippen LogP contribution in [0.5, 0.6) is 11.5 Å². The highest BCUT2D eigenvalue weighted by atomic mass is 35.5. The Morgan fingerprint density at radius 1 is 1.00 bits per heavy atom. The van der Waals surface area contributed by atoms with Gasteiger partial charge in [0.05, 0.1) is 14.2 Å². The zero-order chi connectivity index (χ0) is 16.4. The topological polar surface area (TPSA) is 21.7 Å². The molecule has 1 aliphatic rings. The van der Waals surface area contributed by atoms with Gasteiger partial charge >= 0.3 is 0 Å². The van der Waals surface area contributed by atoms with E-state index in [9.17, 15) is 0 Å². The number of fused-ring (bicyclic) bond motifs is 1. The third kappa shape index (κ3) is 3.57. The van der Waals surface area contributed by atoms with E-state index in [-0.39, 0.29) is 0 Å². The fourth-order valence-corrected chi connectivity index (χ4v) is 3.44. The van der Waals surface area contributed by atoms with Gasteiger partial charge in [0.15, 0.2) is 11.5 Å². The molecular weight excluding hydrogens is 333 g/mol. The lowest BCUT2D eigenvalue weighted by atomic mass is 9.98. The molecule has 5 heteroatoms. The zero-order valence-corrected chi connectivity index (χ0v) is 14.7. The summed E-state index contributed by atoms with van der Waals surface area (Å²) in [6, 6.07) is 9.83. The number of hydrogen-bond acceptors (Lipinski definition) is 3. The van der Waals surface area contributed by atoms with Crippen molar-refractivity contribution in [3.8, 4) is 11.5 Å². The molecular formula is C18H19Cl2NO2. The van der Waals surface area contributed by atoms with Crippen molar-refractivity contribution < 1.29 is 9.47 Å². The first kappa shape index (κ1) is 16.4. The average molecular weight is 352 g/mol. The first-order valence-electron chi connectivity index (χ1n) is 7.50. The molecule has 3 nitrogen and oxygen atoms in total. The first-order valence-corrected chi connectivity index (χ1v) is 8.26. The lowest BCUT2D eigenvalue weighted by Gasteiger charge is -2.29. The number of methoxy groups -OCH3 is 2. The third-order valence-electron chi connectivity index (χ3n) is 4.21. The van der Waals surface area contributed by atoms with Gasteiger partial charge in [0, 0.05) is 29.7 Å². The fraction of sp³-hybridized carbons (Fsp3) is 0.333. The largest absolute Gasteiger partial charge is 0.493 e. The molecule has 0 unspecified atom stereocenters. The van der Waals surface area contributed by atoms with Crippen molar-refractivity contribution >= 4 is 23.2 Å². The van der Waals surface area contributed by atoms with Crippen molar-refractivity contribution in [3.63, 3.8) is 0 Å². The highest BCUT2D eigenvalue weighted by Gasteiger charge is 2.20. The van der Waals surface area contributed by atoms with E-state index < -0.39 is 0 Å². The Kier molecular flexibility index (Phi) is 5.00. The summed E-state index contributed by atoms with van der Waals surface area (Å²) in [5.41, 5.74) is 3.69. The van der Waals surface area contributed by atoms with Crippen molar-refractivity contribution in [1.82, 2.24) is 4.90 Å². The van der Waals surface area contributed by atoms with Crippen molar-refractivity contribution in [2.75, 3.05) is 20.8 Å². The molecule has 0 aromatic heterocycles. The Balaban J connectivity index is 1.79. The number of benzene rings is 2. The van der Waals surface area contributed by atoms with E-state index in [0.29, 0.717) is 5.02 Å². The van der Waals surface area contributed by atoms with E-state index >= 15 is 0 Å². The number of nitrogens with zero attached hydrogens (tertiary/aromatic N) is 1. The summed E-state index contributed by atoms with van der Waals surface area (Å²) < 4.78 is 10.8. The molecule has 2 aromatic rings. The van der Waals surface area contributed by atoms with Crippen LogP contribution >= 0.6 is 23.2 Å². The zero-order valence-electron chi connectivity index (χ0n) is 13.2. The van der Waals surface area contributed by atoms with Crippen LogP contribution in [0.3, 0.4) is 0 Å². The van der Waals surface area contributed by atoms with Crippen molar-refractivity contribution in [2.24, 2.45) is 0 Å². The summed E-state index contributed by atoms with van der Waals surface area (Å²) in [6.45, 7) is 2.67. The minimum Gasteiger partial charge on any atom is -0.493 e. The van der Waals surface area contributed by atoms with E-state index in [1.165, 1.54) is 11.1 Å². The molecule has 2 aromatic carbocycles. The molecule has 0 aliphatic carbocycles. The molecule has 1 aliphatic heterocycles. The minimum absolute atomic E-state index is 0.666. The van der Waals surface area contributed by atoms with E-state index in [1.807, 2.05) is 12.1 Å². The minimum atomic E-state index is 0.666. The summed E-state index contributed by atoms with van der Waals surface area (Å²) in [5, 5.41) is 1.38. The fourth-order valence-electron chi connectivity index (χ4n) is 2.97. The summed E-state index contributed by atoms with van der Waals surface area (Å²) in [6.07, 6.45) is 0.987. The molecule has 0 spiro atoms. The maximum Gasteiger partial charge on any atom is 0.161 e. The standard InChI is InChI=1S/C18H19Cl2NO2/c1-22-17-7-12-5-6-21(11-14(12)8-18(17)23-2)10-13-3-4-15(19)9-16(13)20/h3-4,7-9H,5-6,10-11H2,1-2H3. The van der Waals surface area contributed by atoms with E-state index in [1.54, 1.807) is 20.3 Å². The van der Waals surface area contributed by atoms with Crippen LogP contribution in [-0.2, 0) is 19.5 Å². The molecule has 0 atom stereocenters. The van der Waals surface area contributed by atoms with Gasteiger partial charge in [-0.3, -0.25) is 4.90 Å². The van der Waals surface area contributed by atoms with E-state index in [0.717, 1.165) is 48.1 Å². The van der Waals surface area contributed by atoms with Gasteiger partial charge in [0.1, 0.15) is 0 Å². The van der Waals surface area contributed by atoms with Crippen LogP contribution in [0.4, 0.5) is 0 Å². The SMILES string of the molecule is COc1cc2c(cc1OC)CN(Cc1ccc(Cl)cc1Cl)CC2. The number of rotatable bonds is 4. The summed E-state index contributed by atoms with van der Waals surface area (Å²) in [4.78, 5) is 2.38. The molecule has 122 valence electrons. The van der Waals surface area contributed by atoms with Crippen LogP contribution in [0.1, 0.15) is 16.7 Å². The Morgan fingerprint density at radius 3 is 2.35 bits per heavy atom. The Labute approximate surface area is 146 Å². The van der Waals surface area contributed by atoms with Crippen molar-refractivity contribution in [1.29, 1.82) is 0 Å². The molecule has 0 amide bonds. The Bertz CT molecular complexity index is 718. The monoisotopic (exact) mass is 351 g/mol. The maximum atomic E-state index is 6.29. The lowest BCUT2D eigenvalue weighted by molar-refractivity contribution is 0.244. The van der Waals surface area contributed by atoms with E-state index in [4.69, 9.17) is 32.7 Å². The van der Waals surface area contributed by atoms with Crippen LogP contribution in [-0.4, -0.2) is 25.7 Å². The van der Waals surface area contributed by atoms with Gasteiger partial charge in [0.25, 0.3) is 0 Å². The van der Waals surface area contributed by atoms with Gasteiger partial charge in [-0.25, -0.2) is 0 Å². The molecule has 3 rings (SSSR count). The molecule has 0 radical (unpaired) electrons. The van der Waals surface area contributed by atoms with Gasteiger partial charge in [-0.1, -0.05) is 29.3 Å². The highest BCUT2D eigenvalue weighted by molar-refractivity contribution is 6.35. The van der Waals surface area contributed by atoms with Crippen LogP contribution in [0, 0.1) is 0 Å². The Hall–Kier alpha value is -1.42. The van der Waals surface area contributed by atoms with Crippen molar-refractivity contribution in [2.45, 2.75) is 19.5 Å². The summed E-state index contributed by atoms with van der Waals surface area (Å²) >= 11 is 12.3. The summed E-state index contributed by atoms with van der Waals surface area (Å²) in [5.74, 6) is 1.57. The van der Waals surface area contributed by atoms with Crippen LogP contribution < -0.4 is 9.47 Å².